The summed E-state index contributed by atoms with van der Waals surface area (Å²) in [5, 5.41) is 2.96. The number of amides is 2. The van der Waals surface area contributed by atoms with Gasteiger partial charge in [-0.3, -0.25) is 9.59 Å². The summed E-state index contributed by atoms with van der Waals surface area (Å²) in [5.41, 5.74) is 2.85. The van der Waals surface area contributed by atoms with Crippen LogP contribution in [0.2, 0.25) is 0 Å². The average Bonchev–Trinajstić information content (AvgIpc) is 3.31. The first-order valence-electron chi connectivity index (χ1n) is 9.89. The summed E-state index contributed by atoms with van der Waals surface area (Å²) in [4.78, 5) is 27.2. The van der Waals surface area contributed by atoms with E-state index in [0.29, 0.717) is 18.8 Å². The summed E-state index contributed by atoms with van der Waals surface area (Å²) in [6.45, 7) is 7.39. The van der Waals surface area contributed by atoms with Crippen molar-refractivity contribution < 1.29 is 19.1 Å². The third-order valence-electron chi connectivity index (χ3n) is 5.40. The standard InChI is InChI=1S/C23H26N2O4/c1-23(2,3)17-6-4-5-7-18(17)25-13-16(11-21(25)26)22(27)24-12-15-8-9-19-20(10-15)29-14-28-19/h4-10,16H,11-14H2,1-3H3,(H,24,27). The van der Waals surface area contributed by atoms with Gasteiger partial charge in [-0.15, -0.1) is 0 Å². The number of hydrogen-bond donors (Lipinski definition) is 1. The number of carbonyl (C=O) groups is 2. The second kappa shape index (κ2) is 7.43. The van der Waals surface area contributed by atoms with E-state index in [-0.39, 0.29) is 36.4 Å². The molecule has 2 aliphatic rings. The highest BCUT2D eigenvalue weighted by Crippen LogP contribution is 2.35. The molecule has 0 aromatic heterocycles. The second-order valence-corrected chi connectivity index (χ2v) is 8.58. The SMILES string of the molecule is CC(C)(C)c1ccccc1N1CC(C(=O)NCc2ccc3c(c2)OCO3)CC1=O. The van der Waals surface area contributed by atoms with Gasteiger partial charge in [-0.25, -0.2) is 0 Å². The number of carbonyl (C=O) groups excluding carboxylic acids is 2. The van der Waals surface area contributed by atoms with Crippen LogP contribution in [0, 0.1) is 5.92 Å². The molecule has 0 aliphatic carbocycles. The number of benzene rings is 2. The van der Waals surface area contributed by atoms with E-state index in [1.54, 1.807) is 4.90 Å². The van der Waals surface area contributed by atoms with Crippen molar-refractivity contribution in [1.82, 2.24) is 5.32 Å². The minimum absolute atomic E-state index is 0.00932. The van der Waals surface area contributed by atoms with Gasteiger partial charge in [0.2, 0.25) is 18.6 Å². The fourth-order valence-corrected chi connectivity index (χ4v) is 3.84. The highest BCUT2D eigenvalue weighted by molar-refractivity contribution is 6.01. The van der Waals surface area contributed by atoms with Gasteiger partial charge in [-0.2, -0.15) is 0 Å². The molecular weight excluding hydrogens is 368 g/mol. The van der Waals surface area contributed by atoms with Gasteiger partial charge in [-0.05, 0) is 34.7 Å². The number of rotatable bonds is 4. The Morgan fingerprint density at radius 2 is 1.90 bits per heavy atom. The van der Waals surface area contributed by atoms with Crippen molar-refractivity contribution in [1.29, 1.82) is 0 Å². The molecule has 0 radical (unpaired) electrons. The first kappa shape index (κ1) is 19.3. The Labute approximate surface area is 170 Å². The van der Waals surface area contributed by atoms with E-state index < -0.39 is 0 Å². The molecule has 2 aromatic carbocycles. The molecule has 1 saturated heterocycles. The molecule has 4 rings (SSSR count). The number of fused-ring (bicyclic) bond motifs is 1. The van der Waals surface area contributed by atoms with Gasteiger partial charge >= 0.3 is 0 Å². The van der Waals surface area contributed by atoms with Crippen LogP contribution in [-0.4, -0.2) is 25.2 Å². The van der Waals surface area contributed by atoms with Crippen LogP contribution >= 0.6 is 0 Å². The fourth-order valence-electron chi connectivity index (χ4n) is 3.84. The lowest BCUT2D eigenvalue weighted by Gasteiger charge is -2.27. The lowest BCUT2D eigenvalue weighted by atomic mass is 9.85. The molecule has 0 saturated carbocycles. The predicted molar refractivity (Wildman–Crippen MR) is 110 cm³/mol. The zero-order valence-corrected chi connectivity index (χ0v) is 17.0. The normalized spacial score (nSPS) is 18.2. The maximum atomic E-state index is 12.7. The number of para-hydroxylation sites is 1. The van der Waals surface area contributed by atoms with E-state index in [9.17, 15) is 9.59 Å². The molecule has 1 N–H and O–H groups in total. The summed E-state index contributed by atoms with van der Waals surface area (Å²) in [6.07, 6.45) is 0.228. The van der Waals surface area contributed by atoms with Gasteiger partial charge in [0.15, 0.2) is 11.5 Å². The molecule has 29 heavy (non-hydrogen) atoms. The molecule has 2 aromatic rings. The number of hydrogen-bond acceptors (Lipinski definition) is 4. The van der Waals surface area contributed by atoms with Gasteiger partial charge in [0, 0.05) is 25.2 Å². The first-order chi connectivity index (χ1) is 13.8. The van der Waals surface area contributed by atoms with Gasteiger partial charge in [-0.1, -0.05) is 45.0 Å². The molecule has 6 heteroatoms. The molecule has 0 bridgehead atoms. The molecule has 1 fully saturated rings. The molecule has 0 spiro atoms. The van der Waals surface area contributed by atoms with E-state index in [0.717, 1.165) is 22.6 Å². The third kappa shape index (κ3) is 3.92. The molecule has 1 unspecified atom stereocenters. The lowest BCUT2D eigenvalue weighted by Crippen LogP contribution is -2.33. The highest BCUT2D eigenvalue weighted by atomic mass is 16.7. The van der Waals surface area contributed by atoms with Crippen molar-refractivity contribution in [3.05, 3.63) is 53.6 Å². The summed E-state index contributed by atoms with van der Waals surface area (Å²) >= 11 is 0. The second-order valence-electron chi connectivity index (χ2n) is 8.58. The Morgan fingerprint density at radius 1 is 1.14 bits per heavy atom. The first-order valence-corrected chi connectivity index (χ1v) is 9.89. The highest BCUT2D eigenvalue weighted by Gasteiger charge is 2.36. The number of ether oxygens (including phenoxy) is 2. The van der Waals surface area contributed by atoms with Crippen molar-refractivity contribution in [3.8, 4) is 11.5 Å². The molecule has 2 heterocycles. The van der Waals surface area contributed by atoms with Crippen LogP contribution in [0.4, 0.5) is 5.69 Å². The maximum Gasteiger partial charge on any atom is 0.231 e. The van der Waals surface area contributed by atoms with Crippen LogP contribution in [-0.2, 0) is 21.5 Å². The Balaban J connectivity index is 1.42. The summed E-state index contributed by atoms with van der Waals surface area (Å²) in [7, 11) is 0. The summed E-state index contributed by atoms with van der Waals surface area (Å²) < 4.78 is 10.7. The van der Waals surface area contributed by atoms with Crippen LogP contribution in [0.1, 0.15) is 38.3 Å². The zero-order chi connectivity index (χ0) is 20.6. The number of anilines is 1. The topological polar surface area (TPSA) is 67.9 Å². The maximum absolute atomic E-state index is 12.7. The van der Waals surface area contributed by atoms with Gasteiger partial charge in [0.05, 0.1) is 5.92 Å². The molecular formula is C23H26N2O4. The number of nitrogens with one attached hydrogen (secondary N) is 1. The molecule has 2 aliphatic heterocycles. The van der Waals surface area contributed by atoms with E-state index in [1.807, 2.05) is 36.4 Å². The van der Waals surface area contributed by atoms with Gasteiger partial charge < -0.3 is 19.7 Å². The Bertz CT molecular complexity index is 948. The van der Waals surface area contributed by atoms with Crippen LogP contribution < -0.4 is 19.7 Å². The summed E-state index contributed by atoms with van der Waals surface area (Å²) in [5.74, 6) is 0.939. The summed E-state index contributed by atoms with van der Waals surface area (Å²) in [6, 6.07) is 13.5. The van der Waals surface area contributed by atoms with E-state index in [1.165, 1.54) is 0 Å². The average molecular weight is 394 g/mol. The quantitative estimate of drug-likeness (QED) is 0.863. The Hall–Kier alpha value is -3.02. The predicted octanol–water partition coefficient (Wildman–Crippen LogP) is 3.38. The van der Waals surface area contributed by atoms with Gasteiger partial charge in [0.25, 0.3) is 0 Å². The Kier molecular flexibility index (Phi) is 4.94. The van der Waals surface area contributed by atoms with E-state index in [2.05, 4.69) is 32.2 Å². The van der Waals surface area contributed by atoms with Crippen molar-refractivity contribution in [2.24, 2.45) is 5.92 Å². The smallest absolute Gasteiger partial charge is 0.231 e. The van der Waals surface area contributed by atoms with Gasteiger partial charge in [0.1, 0.15) is 0 Å². The Morgan fingerprint density at radius 3 is 2.69 bits per heavy atom. The van der Waals surface area contributed by atoms with E-state index in [4.69, 9.17) is 9.47 Å². The van der Waals surface area contributed by atoms with Crippen LogP contribution in [0.15, 0.2) is 42.5 Å². The third-order valence-corrected chi connectivity index (χ3v) is 5.40. The molecule has 152 valence electrons. The largest absolute Gasteiger partial charge is 0.454 e. The van der Waals surface area contributed by atoms with Crippen molar-refractivity contribution in [2.75, 3.05) is 18.2 Å². The van der Waals surface area contributed by atoms with E-state index >= 15 is 0 Å². The van der Waals surface area contributed by atoms with Crippen molar-refractivity contribution in [2.45, 2.75) is 39.2 Å². The monoisotopic (exact) mass is 394 g/mol. The fraction of sp³-hybridized carbons (Fsp3) is 0.391. The molecule has 2 amide bonds. The number of nitrogens with zero attached hydrogens (tertiary/aromatic N) is 1. The lowest BCUT2D eigenvalue weighted by molar-refractivity contribution is -0.126. The van der Waals surface area contributed by atoms with Crippen LogP contribution in [0.5, 0.6) is 11.5 Å². The van der Waals surface area contributed by atoms with Crippen LogP contribution in [0.25, 0.3) is 0 Å². The molecule has 1 atom stereocenters. The molecule has 6 nitrogen and oxygen atoms in total. The van der Waals surface area contributed by atoms with Crippen molar-refractivity contribution >= 4 is 17.5 Å². The minimum atomic E-state index is -0.357. The minimum Gasteiger partial charge on any atom is -0.454 e. The van der Waals surface area contributed by atoms with Crippen LogP contribution in [0.3, 0.4) is 0 Å². The zero-order valence-electron chi connectivity index (χ0n) is 17.0. The van der Waals surface area contributed by atoms with Crippen molar-refractivity contribution in [3.63, 3.8) is 0 Å².